The summed E-state index contributed by atoms with van der Waals surface area (Å²) in [4.78, 5) is 31.3. The second-order valence-electron chi connectivity index (χ2n) is 16.3. The minimum atomic E-state index is 0.525. The van der Waals surface area contributed by atoms with E-state index in [0.29, 0.717) is 34.9 Å². The van der Waals surface area contributed by atoms with E-state index in [0.717, 1.165) is 77.7 Å². The van der Waals surface area contributed by atoms with Gasteiger partial charge in [0.2, 0.25) is 0 Å². The molecule has 0 saturated carbocycles. The van der Waals surface area contributed by atoms with Gasteiger partial charge in [-0.25, -0.2) is 29.9 Å². The van der Waals surface area contributed by atoms with Crippen LogP contribution < -0.4 is 0 Å². The number of para-hydroxylation sites is 3. The van der Waals surface area contributed by atoms with Gasteiger partial charge in [-0.3, -0.25) is 0 Å². The molecule has 0 spiro atoms. The molecule has 0 bridgehead atoms. The average Bonchev–Trinajstić information content (AvgIpc) is 3.76. The fourth-order valence-corrected chi connectivity index (χ4v) is 8.93. The molecule has 0 fully saturated rings. The molecule has 314 valence electrons. The van der Waals surface area contributed by atoms with Gasteiger partial charge in [-0.2, -0.15) is 0 Å². The highest BCUT2D eigenvalue weighted by Crippen LogP contribution is 2.43. The van der Waals surface area contributed by atoms with Crippen molar-refractivity contribution in [3.63, 3.8) is 0 Å². The van der Waals surface area contributed by atoms with Crippen molar-refractivity contribution in [2.45, 2.75) is 0 Å². The second kappa shape index (κ2) is 17.1. The van der Waals surface area contributed by atoms with Crippen molar-refractivity contribution in [1.82, 2.24) is 34.5 Å². The van der Waals surface area contributed by atoms with E-state index in [1.807, 2.05) is 97.1 Å². The van der Waals surface area contributed by atoms with Gasteiger partial charge in [0.05, 0.1) is 11.0 Å². The first kappa shape index (κ1) is 39.4. The van der Waals surface area contributed by atoms with Crippen LogP contribution in [-0.4, -0.2) is 34.5 Å². The second-order valence-corrected chi connectivity index (χ2v) is 16.3. The van der Waals surface area contributed by atoms with Crippen LogP contribution in [0.4, 0.5) is 0 Å². The van der Waals surface area contributed by atoms with E-state index in [-0.39, 0.29) is 0 Å². The number of aromatic nitrogens is 7. The monoisotopic (exact) mass is 857 g/mol. The maximum absolute atomic E-state index is 5.31. The summed E-state index contributed by atoms with van der Waals surface area (Å²) < 4.78 is 2.36. The largest absolute Gasteiger partial charge is 0.309 e. The van der Waals surface area contributed by atoms with Crippen molar-refractivity contribution in [3.8, 4) is 96.3 Å². The number of benzene rings is 9. The summed E-state index contributed by atoms with van der Waals surface area (Å²) in [7, 11) is 0. The molecule has 0 unspecified atom stereocenters. The van der Waals surface area contributed by atoms with Crippen molar-refractivity contribution >= 4 is 21.8 Å². The van der Waals surface area contributed by atoms with Crippen LogP contribution in [0.15, 0.2) is 237 Å². The Morgan fingerprint density at radius 1 is 0.239 bits per heavy atom. The number of rotatable bonds is 9. The predicted molar refractivity (Wildman–Crippen MR) is 271 cm³/mol. The molecule has 12 rings (SSSR count). The fourth-order valence-electron chi connectivity index (χ4n) is 8.93. The van der Waals surface area contributed by atoms with E-state index in [2.05, 4.69) is 144 Å². The Bertz CT molecular complexity index is 3670. The molecule has 3 heterocycles. The van der Waals surface area contributed by atoms with Gasteiger partial charge in [-0.1, -0.05) is 206 Å². The molecule has 0 radical (unpaired) electrons. The van der Waals surface area contributed by atoms with E-state index in [1.54, 1.807) is 0 Å². The third-order valence-electron chi connectivity index (χ3n) is 12.1. The molecule has 0 saturated heterocycles. The van der Waals surface area contributed by atoms with Crippen LogP contribution in [0.5, 0.6) is 0 Å². The Kier molecular flexibility index (Phi) is 10.0. The highest BCUT2D eigenvalue weighted by molar-refractivity contribution is 6.14. The zero-order chi connectivity index (χ0) is 44.5. The highest BCUT2D eigenvalue weighted by atomic mass is 15.0. The predicted octanol–water partition coefficient (Wildman–Crippen LogP) is 14.5. The number of nitrogens with zero attached hydrogens (tertiary/aromatic N) is 7. The van der Waals surface area contributed by atoms with E-state index in [4.69, 9.17) is 29.9 Å². The van der Waals surface area contributed by atoms with Gasteiger partial charge < -0.3 is 4.57 Å². The lowest BCUT2D eigenvalue weighted by atomic mass is 9.94. The first-order valence-electron chi connectivity index (χ1n) is 22.3. The standard InChI is InChI=1S/C60H39N7/c1-6-20-40(21-7-1)44-28-18-29-45(38-44)58-62-55(41-22-8-2-9-23-41)63-59(64-58)46-36-37-48(50-33-19-34-51-49-32-16-17-35-53(49)67(54(50)51)47-30-14-5-15-31-47)52(39-46)60-65-56(42-24-10-3-11-25-42)61-57(66-60)43-26-12-4-13-27-43/h1-39H. The van der Waals surface area contributed by atoms with Crippen molar-refractivity contribution in [2.24, 2.45) is 0 Å². The van der Waals surface area contributed by atoms with Crippen LogP contribution in [0, 0.1) is 0 Å². The first-order valence-corrected chi connectivity index (χ1v) is 22.3. The molecule has 12 aromatic rings. The van der Waals surface area contributed by atoms with E-state index >= 15 is 0 Å². The summed E-state index contributed by atoms with van der Waals surface area (Å²) in [6.45, 7) is 0. The van der Waals surface area contributed by atoms with Crippen LogP contribution in [0.3, 0.4) is 0 Å². The molecule has 0 N–H and O–H groups in total. The van der Waals surface area contributed by atoms with Crippen molar-refractivity contribution in [2.75, 3.05) is 0 Å². The Balaban J connectivity index is 1.13. The van der Waals surface area contributed by atoms with E-state index in [9.17, 15) is 0 Å². The number of hydrogen-bond acceptors (Lipinski definition) is 6. The summed E-state index contributed by atoms with van der Waals surface area (Å²) >= 11 is 0. The van der Waals surface area contributed by atoms with Gasteiger partial charge in [0.15, 0.2) is 34.9 Å². The maximum Gasteiger partial charge on any atom is 0.164 e. The summed E-state index contributed by atoms with van der Waals surface area (Å²) in [6, 6.07) is 81.1. The number of hydrogen-bond donors (Lipinski definition) is 0. The zero-order valence-corrected chi connectivity index (χ0v) is 36.1. The Morgan fingerprint density at radius 2 is 0.657 bits per heavy atom. The normalized spacial score (nSPS) is 11.3. The third kappa shape index (κ3) is 7.50. The Labute approximate surface area is 387 Å². The van der Waals surface area contributed by atoms with Gasteiger partial charge in [0, 0.05) is 55.4 Å². The lowest BCUT2D eigenvalue weighted by molar-refractivity contribution is 1.07. The molecule has 9 aromatic carbocycles. The lowest BCUT2D eigenvalue weighted by Gasteiger charge is -2.16. The zero-order valence-electron chi connectivity index (χ0n) is 36.1. The van der Waals surface area contributed by atoms with Gasteiger partial charge >= 0.3 is 0 Å². The van der Waals surface area contributed by atoms with E-state index < -0.39 is 0 Å². The van der Waals surface area contributed by atoms with Crippen LogP contribution >= 0.6 is 0 Å². The van der Waals surface area contributed by atoms with E-state index in [1.165, 1.54) is 5.39 Å². The molecule has 7 heteroatoms. The summed E-state index contributed by atoms with van der Waals surface area (Å²) in [5.74, 6) is 3.35. The van der Waals surface area contributed by atoms with Crippen LogP contribution in [0.25, 0.3) is 118 Å². The fraction of sp³-hybridized carbons (Fsp3) is 0. The summed E-state index contributed by atoms with van der Waals surface area (Å²) in [5.41, 5.74) is 12.6. The molecule has 0 amide bonds. The molecular weight excluding hydrogens is 819 g/mol. The minimum Gasteiger partial charge on any atom is -0.309 e. The quantitative estimate of drug-likeness (QED) is 0.144. The van der Waals surface area contributed by atoms with Crippen LogP contribution in [0.2, 0.25) is 0 Å². The number of fused-ring (bicyclic) bond motifs is 3. The van der Waals surface area contributed by atoms with Crippen molar-refractivity contribution in [3.05, 3.63) is 237 Å². The van der Waals surface area contributed by atoms with Gasteiger partial charge in [-0.05, 0) is 47.0 Å². The molecule has 3 aromatic heterocycles. The topological polar surface area (TPSA) is 82.3 Å². The molecular formula is C60H39N7. The Hall–Kier alpha value is -9.20. The first-order chi connectivity index (χ1) is 33.2. The highest BCUT2D eigenvalue weighted by Gasteiger charge is 2.23. The summed E-state index contributed by atoms with van der Waals surface area (Å²) in [5, 5.41) is 2.31. The SMILES string of the molecule is c1ccc(-c2cccc(-c3nc(-c4ccccc4)nc(-c4ccc(-c5cccc6c7ccccc7n(-c7ccccc7)c56)c(-c5nc(-c6ccccc6)nc(-c6ccccc6)n5)c4)n3)c2)cc1. The van der Waals surface area contributed by atoms with Crippen LogP contribution in [-0.2, 0) is 0 Å². The average molecular weight is 858 g/mol. The third-order valence-corrected chi connectivity index (χ3v) is 12.1. The Morgan fingerprint density at radius 3 is 1.24 bits per heavy atom. The lowest BCUT2D eigenvalue weighted by Crippen LogP contribution is -2.03. The smallest absolute Gasteiger partial charge is 0.164 e. The molecule has 0 atom stereocenters. The van der Waals surface area contributed by atoms with Crippen molar-refractivity contribution in [1.29, 1.82) is 0 Å². The summed E-state index contributed by atoms with van der Waals surface area (Å²) in [6.07, 6.45) is 0. The van der Waals surface area contributed by atoms with Gasteiger partial charge in [0.1, 0.15) is 0 Å². The molecule has 0 aliphatic carbocycles. The maximum atomic E-state index is 5.31. The van der Waals surface area contributed by atoms with Crippen molar-refractivity contribution < 1.29 is 0 Å². The molecule has 0 aliphatic rings. The molecule has 67 heavy (non-hydrogen) atoms. The van der Waals surface area contributed by atoms with Crippen LogP contribution in [0.1, 0.15) is 0 Å². The van der Waals surface area contributed by atoms with Gasteiger partial charge in [-0.15, -0.1) is 0 Å². The molecule has 0 aliphatic heterocycles. The molecule has 7 nitrogen and oxygen atoms in total. The van der Waals surface area contributed by atoms with Gasteiger partial charge in [0.25, 0.3) is 0 Å². The minimum absolute atomic E-state index is 0.525.